The molecule has 1 heterocycles. The van der Waals surface area contributed by atoms with Gasteiger partial charge in [0.2, 0.25) is 0 Å². The van der Waals surface area contributed by atoms with Crippen LogP contribution in [0.5, 0.6) is 5.75 Å². The molecule has 0 spiro atoms. The van der Waals surface area contributed by atoms with Crippen LogP contribution < -0.4 is 20.3 Å². The molecular weight excluding hydrogens is 446 g/mol. The van der Waals surface area contributed by atoms with Gasteiger partial charge in [-0.3, -0.25) is 14.4 Å². The SMILES string of the molecule is O=C(NCCNC(=O)c1ccc(N2CCCC2)cc1)c1ccc(O[C@H]2CC[C@@H](C(=O)O)CC2)cc1. The van der Waals surface area contributed by atoms with Crippen molar-refractivity contribution in [1.82, 2.24) is 10.6 Å². The van der Waals surface area contributed by atoms with E-state index in [1.165, 1.54) is 12.8 Å². The summed E-state index contributed by atoms with van der Waals surface area (Å²) in [6.45, 7) is 2.78. The lowest BCUT2D eigenvalue weighted by atomic mass is 9.87. The van der Waals surface area contributed by atoms with Gasteiger partial charge in [0, 0.05) is 43.0 Å². The number of nitrogens with one attached hydrogen (secondary N) is 2. The van der Waals surface area contributed by atoms with Gasteiger partial charge in [-0.05, 0) is 87.1 Å². The van der Waals surface area contributed by atoms with E-state index in [-0.39, 0.29) is 23.8 Å². The van der Waals surface area contributed by atoms with E-state index in [0.29, 0.717) is 55.6 Å². The monoisotopic (exact) mass is 479 g/mol. The molecule has 2 aromatic carbocycles. The lowest BCUT2D eigenvalue weighted by Crippen LogP contribution is -2.34. The summed E-state index contributed by atoms with van der Waals surface area (Å²) in [5.74, 6) is -0.715. The predicted molar refractivity (Wildman–Crippen MR) is 133 cm³/mol. The van der Waals surface area contributed by atoms with Gasteiger partial charge in [-0.25, -0.2) is 0 Å². The number of hydrogen-bond acceptors (Lipinski definition) is 5. The highest BCUT2D eigenvalue weighted by Crippen LogP contribution is 2.28. The number of ether oxygens (including phenoxy) is 1. The van der Waals surface area contributed by atoms with Crippen molar-refractivity contribution in [3.8, 4) is 5.75 Å². The number of carboxylic acid groups (broad SMARTS) is 1. The molecule has 8 nitrogen and oxygen atoms in total. The molecule has 0 radical (unpaired) electrons. The van der Waals surface area contributed by atoms with Gasteiger partial charge >= 0.3 is 5.97 Å². The van der Waals surface area contributed by atoms with Crippen LogP contribution in [-0.2, 0) is 4.79 Å². The second-order valence-electron chi connectivity index (χ2n) is 9.21. The Kier molecular flexibility index (Phi) is 8.23. The number of amides is 2. The molecule has 8 heteroatoms. The molecule has 1 aliphatic heterocycles. The molecule has 186 valence electrons. The molecule has 2 aliphatic rings. The molecule has 4 rings (SSSR count). The van der Waals surface area contributed by atoms with Crippen molar-refractivity contribution >= 4 is 23.5 Å². The number of carboxylic acids is 1. The zero-order valence-electron chi connectivity index (χ0n) is 19.9. The highest BCUT2D eigenvalue weighted by atomic mass is 16.5. The Balaban J connectivity index is 1.15. The lowest BCUT2D eigenvalue weighted by molar-refractivity contribution is -0.143. The molecule has 1 saturated heterocycles. The minimum absolute atomic E-state index is 0.00492. The Bertz CT molecular complexity index is 1010. The average molecular weight is 480 g/mol. The number of carbonyl (C=O) groups is 3. The zero-order valence-corrected chi connectivity index (χ0v) is 19.9. The van der Waals surface area contributed by atoms with Crippen LogP contribution in [-0.4, -0.2) is 55.2 Å². The zero-order chi connectivity index (χ0) is 24.6. The number of nitrogens with zero attached hydrogens (tertiary/aromatic N) is 1. The van der Waals surface area contributed by atoms with Crippen LogP contribution >= 0.6 is 0 Å². The first-order chi connectivity index (χ1) is 17.0. The number of hydrogen-bond donors (Lipinski definition) is 3. The summed E-state index contributed by atoms with van der Waals surface area (Å²) >= 11 is 0. The Hall–Kier alpha value is -3.55. The van der Waals surface area contributed by atoms with Crippen molar-refractivity contribution in [2.45, 2.75) is 44.6 Å². The third-order valence-corrected chi connectivity index (χ3v) is 6.74. The molecule has 0 bridgehead atoms. The molecule has 1 aliphatic carbocycles. The van der Waals surface area contributed by atoms with Crippen LogP contribution in [0.15, 0.2) is 48.5 Å². The van der Waals surface area contributed by atoms with Crippen LogP contribution in [0.4, 0.5) is 5.69 Å². The van der Waals surface area contributed by atoms with Gasteiger partial charge in [0.15, 0.2) is 0 Å². The highest BCUT2D eigenvalue weighted by molar-refractivity contribution is 5.95. The van der Waals surface area contributed by atoms with Crippen molar-refractivity contribution in [3.63, 3.8) is 0 Å². The van der Waals surface area contributed by atoms with Gasteiger partial charge in [-0.15, -0.1) is 0 Å². The topological polar surface area (TPSA) is 108 Å². The second kappa shape index (κ2) is 11.7. The van der Waals surface area contributed by atoms with Crippen molar-refractivity contribution in [2.75, 3.05) is 31.1 Å². The average Bonchev–Trinajstić information content (AvgIpc) is 3.42. The first-order valence-electron chi connectivity index (χ1n) is 12.4. The van der Waals surface area contributed by atoms with E-state index in [2.05, 4.69) is 15.5 Å². The van der Waals surface area contributed by atoms with Crippen LogP contribution in [0.2, 0.25) is 0 Å². The molecular formula is C27H33N3O5. The van der Waals surface area contributed by atoms with E-state index in [9.17, 15) is 14.4 Å². The van der Waals surface area contributed by atoms with E-state index >= 15 is 0 Å². The molecule has 35 heavy (non-hydrogen) atoms. The lowest BCUT2D eigenvalue weighted by Gasteiger charge is -2.26. The van der Waals surface area contributed by atoms with Crippen LogP contribution in [0.1, 0.15) is 59.2 Å². The minimum atomic E-state index is -0.732. The van der Waals surface area contributed by atoms with Crippen molar-refractivity contribution < 1.29 is 24.2 Å². The summed E-state index contributed by atoms with van der Waals surface area (Å²) < 4.78 is 5.95. The molecule has 1 saturated carbocycles. The van der Waals surface area contributed by atoms with Crippen molar-refractivity contribution in [3.05, 3.63) is 59.7 Å². The fourth-order valence-corrected chi connectivity index (χ4v) is 4.66. The predicted octanol–water partition coefficient (Wildman–Crippen LogP) is 3.47. The quantitative estimate of drug-likeness (QED) is 0.476. The van der Waals surface area contributed by atoms with E-state index in [1.54, 1.807) is 24.3 Å². The van der Waals surface area contributed by atoms with E-state index < -0.39 is 5.97 Å². The number of aliphatic carboxylic acids is 1. The molecule has 0 aromatic heterocycles. The standard InChI is InChI=1S/C27H33N3O5/c31-25(19-3-9-22(10-4-19)30-17-1-2-18-30)28-15-16-29-26(32)20-5-11-23(12-6-20)35-24-13-7-21(8-14-24)27(33)34/h3-6,9-12,21,24H,1-2,7-8,13-18H2,(H,28,31)(H,29,32)(H,33,34)/t21-,24+. The second-order valence-corrected chi connectivity index (χ2v) is 9.21. The van der Waals surface area contributed by atoms with Crippen molar-refractivity contribution in [1.29, 1.82) is 0 Å². The molecule has 2 amide bonds. The van der Waals surface area contributed by atoms with Crippen LogP contribution in [0, 0.1) is 5.92 Å². The summed E-state index contributed by atoms with van der Waals surface area (Å²) in [5.41, 5.74) is 2.26. The maximum Gasteiger partial charge on any atom is 0.306 e. The van der Waals surface area contributed by atoms with E-state index in [0.717, 1.165) is 18.8 Å². The third-order valence-electron chi connectivity index (χ3n) is 6.74. The normalized spacial score (nSPS) is 19.7. The number of rotatable bonds is 9. The molecule has 2 aromatic rings. The first-order valence-corrected chi connectivity index (χ1v) is 12.4. The third kappa shape index (κ3) is 6.74. The van der Waals surface area contributed by atoms with Crippen LogP contribution in [0.25, 0.3) is 0 Å². The Morgan fingerprint density at radius 1 is 0.800 bits per heavy atom. The molecule has 2 fully saturated rings. The van der Waals surface area contributed by atoms with Gasteiger partial charge < -0.3 is 25.4 Å². The Labute approximate surface area is 205 Å². The summed E-state index contributed by atoms with van der Waals surface area (Å²) in [6.07, 6.45) is 5.11. The molecule has 0 atom stereocenters. The summed E-state index contributed by atoms with van der Waals surface area (Å²) in [7, 11) is 0. The number of benzene rings is 2. The maximum atomic E-state index is 12.4. The smallest absolute Gasteiger partial charge is 0.306 e. The van der Waals surface area contributed by atoms with Crippen LogP contribution in [0.3, 0.4) is 0 Å². The van der Waals surface area contributed by atoms with E-state index in [4.69, 9.17) is 9.84 Å². The van der Waals surface area contributed by atoms with Gasteiger partial charge in [-0.1, -0.05) is 0 Å². The summed E-state index contributed by atoms with van der Waals surface area (Å²) in [4.78, 5) is 38.1. The van der Waals surface area contributed by atoms with Gasteiger partial charge in [0.05, 0.1) is 12.0 Å². The number of anilines is 1. The highest BCUT2D eigenvalue weighted by Gasteiger charge is 2.26. The number of carbonyl (C=O) groups excluding carboxylic acids is 2. The maximum absolute atomic E-state index is 12.4. The fraction of sp³-hybridized carbons (Fsp3) is 0.444. The fourth-order valence-electron chi connectivity index (χ4n) is 4.66. The van der Waals surface area contributed by atoms with Gasteiger partial charge in [0.25, 0.3) is 11.8 Å². The Morgan fingerprint density at radius 2 is 1.31 bits per heavy atom. The van der Waals surface area contributed by atoms with Crippen molar-refractivity contribution in [2.24, 2.45) is 5.92 Å². The first kappa shape index (κ1) is 24.6. The van der Waals surface area contributed by atoms with Gasteiger partial charge in [-0.2, -0.15) is 0 Å². The minimum Gasteiger partial charge on any atom is -0.490 e. The largest absolute Gasteiger partial charge is 0.490 e. The van der Waals surface area contributed by atoms with E-state index in [1.807, 2.05) is 24.3 Å². The summed E-state index contributed by atoms with van der Waals surface area (Å²) in [6, 6.07) is 14.6. The Morgan fingerprint density at radius 3 is 1.83 bits per heavy atom. The molecule has 3 N–H and O–H groups in total. The van der Waals surface area contributed by atoms with Gasteiger partial charge in [0.1, 0.15) is 5.75 Å². The summed E-state index contributed by atoms with van der Waals surface area (Å²) in [5, 5.41) is 14.7. The molecule has 0 unspecified atom stereocenters.